The molecule has 0 bridgehead atoms. The van der Waals surface area contributed by atoms with Crippen LogP contribution in [0.3, 0.4) is 0 Å². The number of allylic oxidation sites excluding steroid dienone is 1. The number of aromatic nitrogens is 2. The summed E-state index contributed by atoms with van der Waals surface area (Å²) >= 11 is 0. The highest BCUT2D eigenvalue weighted by Gasteiger charge is 2.14. The summed E-state index contributed by atoms with van der Waals surface area (Å²) in [6, 6.07) is 2.64. The van der Waals surface area contributed by atoms with Crippen molar-refractivity contribution < 1.29 is 0 Å². The molecule has 1 heterocycles. The first-order valence-electron chi connectivity index (χ1n) is 6.60. The average molecular weight is 235 g/mol. The van der Waals surface area contributed by atoms with Crippen molar-refractivity contribution >= 4 is 0 Å². The van der Waals surface area contributed by atoms with Crippen molar-refractivity contribution in [3.05, 3.63) is 30.1 Å². The number of aryl methyl sites for hydroxylation is 2. The van der Waals surface area contributed by atoms with E-state index in [9.17, 15) is 0 Å². The molecule has 0 saturated heterocycles. The number of nitrogens with one attached hydrogen (secondary N) is 1. The molecule has 3 nitrogen and oxygen atoms in total. The van der Waals surface area contributed by atoms with Crippen LogP contribution in [0.2, 0.25) is 0 Å². The van der Waals surface area contributed by atoms with E-state index in [0.717, 1.165) is 25.8 Å². The number of hydrogen-bond acceptors (Lipinski definition) is 2. The number of unbranched alkanes of at least 4 members (excludes halogenated alkanes) is 1. The van der Waals surface area contributed by atoms with Gasteiger partial charge in [-0.2, -0.15) is 5.10 Å². The third-order valence-corrected chi connectivity index (χ3v) is 3.04. The zero-order valence-electron chi connectivity index (χ0n) is 11.4. The molecule has 17 heavy (non-hydrogen) atoms. The molecule has 0 radical (unpaired) electrons. The van der Waals surface area contributed by atoms with E-state index in [0.29, 0.717) is 6.04 Å². The van der Waals surface area contributed by atoms with Crippen LogP contribution in [-0.2, 0) is 13.5 Å². The molecule has 1 aromatic rings. The Morgan fingerprint density at radius 3 is 2.82 bits per heavy atom. The molecule has 0 spiro atoms. The molecule has 0 aliphatic carbocycles. The largest absolute Gasteiger partial charge is 0.309 e. The molecule has 1 N–H and O–H groups in total. The van der Waals surface area contributed by atoms with Crippen LogP contribution in [0, 0.1) is 0 Å². The second kappa shape index (κ2) is 7.28. The van der Waals surface area contributed by atoms with Crippen molar-refractivity contribution in [2.24, 2.45) is 7.05 Å². The summed E-state index contributed by atoms with van der Waals surface area (Å²) in [4.78, 5) is 0. The fraction of sp³-hybridized carbons (Fsp3) is 0.643. The topological polar surface area (TPSA) is 29.9 Å². The van der Waals surface area contributed by atoms with Crippen LogP contribution >= 0.6 is 0 Å². The second-order valence-electron chi connectivity index (χ2n) is 4.37. The van der Waals surface area contributed by atoms with E-state index in [1.54, 1.807) is 0 Å². The Hall–Kier alpha value is -1.09. The van der Waals surface area contributed by atoms with E-state index < -0.39 is 0 Å². The van der Waals surface area contributed by atoms with Gasteiger partial charge in [-0.25, -0.2) is 0 Å². The first kappa shape index (κ1) is 14.0. The van der Waals surface area contributed by atoms with Crippen molar-refractivity contribution in [1.29, 1.82) is 0 Å². The maximum absolute atomic E-state index is 4.52. The lowest BCUT2D eigenvalue weighted by atomic mass is 10.1. The molecule has 3 heteroatoms. The lowest BCUT2D eigenvalue weighted by molar-refractivity contribution is 0.468. The average Bonchev–Trinajstić information content (AvgIpc) is 2.70. The normalized spacial score (nSPS) is 12.6. The maximum Gasteiger partial charge on any atom is 0.0625 e. The van der Waals surface area contributed by atoms with Gasteiger partial charge < -0.3 is 5.32 Å². The molecule has 1 atom stereocenters. The van der Waals surface area contributed by atoms with E-state index in [2.05, 4.69) is 36.9 Å². The summed E-state index contributed by atoms with van der Waals surface area (Å²) in [5.74, 6) is 0. The molecule has 0 fully saturated rings. The van der Waals surface area contributed by atoms with Gasteiger partial charge >= 0.3 is 0 Å². The molecule has 0 amide bonds. The summed E-state index contributed by atoms with van der Waals surface area (Å²) in [5, 5.41) is 8.06. The van der Waals surface area contributed by atoms with E-state index >= 15 is 0 Å². The van der Waals surface area contributed by atoms with E-state index in [1.165, 1.54) is 17.8 Å². The Bertz CT molecular complexity index is 341. The van der Waals surface area contributed by atoms with Crippen LogP contribution in [0.5, 0.6) is 0 Å². The van der Waals surface area contributed by atoms with Gasteiger partial charge in [-0.1, -0.05) is 19.9 Å². The second-order valence-corrected chi connectivity index (χ2v) is 4.37. The van der Waals surface area contributed by atoms with E-state index in [1.807, 2.05) is 17.8 Å². The van der Waals surface area contributed by atoms with E-state index in [-0.39, 0.29) is 0 Å². The van der Waals surface area contributed by atoms with Gasteiger partial charge in [0.2, 0.25) is 0 Å². The Labute approximate surface area is 105 Å². The minimum absolute atomic E-state index is 0.415. The third-order valence-electron chi connectivity index (χ3n) is 3.04. The lowest BCUT2D eigenvalue weighted by Gasteiger charge is -2.17. The molecular formula is C14H25N3. The molecule has 1 unspecified atom stereocenters. The standard InChI is InChI=1S/C14H25N3/c1-5-8-9-10-13(15-7-3)14-11-12(6-2)16-17(14)4/h5,11,13,15H,1,6-10H2,2-4H3. The molecule has 1 aromatic heterocycles. The van der Waals surface area contributed by atoms with Gasteiger partial charge in [0.15, 0.2) is 0 Å². The summed E-state index contributed by atoms with van der Waals surface area (Å²) < 4.78 is 2.01. The molecular weight excluding hydrogens is 210 g/mol. The van der Waals surface area contributed by atoms with Gasteiger partial charge in [-0.3, -0.25) is 4.68 Å². The van der Waals surface area contributed by atoms with Crippen LogP contribution in [0.25, 0.3) is 0 Å². The molecule has 1 rings (SSSR count). The van der Waals surface area contributed by atoms with Gasteiger partial charge in [0.1, 0.15) is 0 Å². The summed E-state index contributed by atoms with van der Waals surface area (Å²) in [5.41, 5.74) is 2.47. The van der Waals surface area contributed by atoms with Crippen molar-refractivity contribution in [1.82, 2.24) is 15.1 Å². The van der Waals surface area contributed by atoms with Gasteiger partial charge in [-0.05, 0) is 38.3 Å². The number of hydrogen-bond donors (Lipinski definition) is 1. The van der Waals surface area contributed by atoms with Crippen LogP contribution in [0.4, 0.5) is 0 Å². The van der Waals surface area contributed by atoms with Crippen LogP contribution in [0.15, 0.2) is 18.7 Å². The van der Waals surface area contributed by atoms with Crippen LogP contribution in [0.1, 0.15) is 50.5 Å². The summed E-state index contributed by atoms with van der Waals surface area (Å²) in [6.45, 7) is 9.06. The quantitative estimate of drug-likeness (QED) is 0.554. The molecule has 0 saturated carbocycles. The highest BCUT2D eigenvalue weighted by atomic mass is 15.3. The highest BCUT2D eigenvalue weighted by Crippen LogP contribution is 2.20. The predicted octanol–water partition coefficient (Wildman–Crippen LogP) is 2.99. The van der Waals surface area contributed by atoms with Crippen LogP contribution in [-0.4, -0.2) is 16.3 Å². The minimum atomic E-state index is 0.415. The number of nitrogens with zero attached hydrogens (tertiary/aromatic N) is 2. The van der Waals surface area contributed by atoms with Gasteiger partial charge in [0, 0.05) is 13.1 Å². The molecule has 0 aromatic carbocycles. The maximum atomic E-state index is 4.52. The zero-order chi connectivity index (χ0) is 12.7. The summed E-state index contributed by atoms with van der Waals surface area (Å²) in [7, 11) is 2.03. The zero-order valence-corrected chi connectivity index (χ0v) is 11.4. The molecule has 96 valence electrons. The summed E-state index contributed by atoms with van der Waals surface area (Å²) in [6.07, 6.45) is 6.39. The first-order valence-corrected chi connectivity index (χ1v) is 6.60. The SMILES string of the molecule is C=CCCCC(NCC)c1cc(CC)nn1C. The van der Waals surface area contributed by atoms with Crippen molar-refractivity contribution in [3.63, 3.8) is 0 Å². The molecule has 0 aliphatic heterocycles. The van der Waals surface area contributed by atoms with E-state index in [4.69, 9.17) is 0 Å². The van der Waals surface area contributed by atoms with Gasteiger partial charge in [0.25, 0.3) is 0 Å². The Morgan fingerprint density at radius 2 is 2.29 bits per heavy atom. The smallest absolute Gasteiger partial charge is 0.0625 e. The third kappa shape index (κ3) is 4.00. The minimum Gasteiger partial charge on any atom is -0.309 e. The Kier molecular flexibility index (Phi) is 5.98. The fourth-order valence-electron chi connectivity index (χ4n) is 2.11. The first-order chi connectivity index (χ1) is 8.22. The number of rotatable bonds is 8. The van der Waals surface area contributed by atoms with Gasteiger partial charge in [0.05, 0.1) is 11.4 Å². The highest BCUT2D eigenvalue weighted by molar-refractivity contribution is 5.14. The van der Waals surface area contributed by atoms with Crippen molar-refractivity contribution in [3.8, 4) is 0 Å². The Morgan fingerprint density at radius 1 is 1.53 bits per heavy atom. The monoisotopic (exact) mass is 235 g/mol. The van der Waals surface area contributed by atoms with Crippen molar-refractivity contribution in [2.45, 2.75) is 45.6 Å². The lowest BCUT2D eigenvalue weighted by Crippen LogP contribution is -2.23. The van der Waals surface area contributed by atoms with Gasteiger partial charge in [-0.15, -0.1) is 6.58 Å². The van der Waals surface area contributed by atoms with Crippen molar-refractivity contribution in [2.75, 3.05) is 6.54 Å². The molecule has 0 aliphatic rings. The predicted molar refractivity (Wildman–Crippen MR) is 73.1 cm³/mol. The van der Waals surface area contributed by atoms with Crippen LogP contribution < -0.4 is 5.32 Å². The Balaban J connectivity index is 2.73. The fourth-order valence-corrected chi connectivity index (χ4v) is 2.11.